The van der Waals surface area contributed by atoms with Crippen LogP contribution in [0.1, 0.15) is 63.4 Å². The number of hydrogen-bond acceptors (Lipinski definition) is 5. The lowest BCUT2D eigenvalue weighted by Crippen LogP contribution is -2.52. The summed E-state index contributed by atoms with van der Waals surface area (Å²) in [5, 5.41) is 2.28. The quantitative estimate of drug-likeness (QED) is 0.739. The van der Waals surface area contributed by atoms with Crippen molar-refractivity contribution in [3.8, 4) is 0 Å². The molecule has 8 nitrogen and oxygen atoms in total. The minimum atomic E-state index is -0.738. The molecule has 1 N–H and O–H groups in total. The van der Waals surface area contributed by atoms with Crippen LogP contribution in [0.5, 0.6) is 0 Å². The molecule has 0 bridgehead atoms. The number of furan rings is 1. The van der Waals surface area contributed by atoms with Crippen molar-refractivity contribution in [3.05, 3.63) is 58.8 Å². The Bertz CT molecular complexity index is 1110. The lowest BCUT2D eigenvalue weighted by molar-refractivity contribution is -0.136. The highest BCUT2D eigenvalue weighted by Gasteiger charge is 2.41. The maximum absolute atomic E-state index is 14.5. The number of likely N-dealkylation sites (tertiary alicyclic amines) is 1. The number of nitrogens with zero attached hydrogens (tertiary/aromatic N) is 2. The Morgan fingerprint density at radius 2 is 1.91 bits per heavy atom. The minimum Gasteiger partial charge on any atom is -0.472 e. The molecule has 0 spiro atoms. The zero-order chi connectivity index (χ0) is 22.4. The first-order chi connectivity index (χ1) is 15.4. The molecular formula is C23H22FN3O5. The van der Waals surface area contributed by atoms with Crippen LogP contribution in [-0.2, 0) is 16.1 Å². The van der Waals surface area contributed by atoms with Gasteiger partial charge in [-0.2, -0.15) is 0 Å². The van der Waals surface area contributed by atoms with Crippen LogP contribution in [0.2, 0.25) is 0 Å². The van der Waals surface area contributed by atoms with Crippen LogP contribution in [0, 0.1) is 5.82 Å². The van der Waals surface area contributed by atoms with E-state index in [1.165, 1.54) is 29.6 Å². The lowest BCUT2D eigenvalue weighted by Gasteiger charge is -2.33. The van der Waals surface area contributed by atoms with Crippen molar-refractivity contribution in [3.63, 3.8) is 0 Å². The second-order valence-electron chi connectivity index (χ2n) is 8.50. The normalized spacial score (nSPS) is 21.7. The zero-order valence-corrected chi connectivity index (χ0v) is 17.3. The number of fused-ring (bicyclic) bond motifs is 1. The molecule has 32 heavy (non-hydrogen) atoms. The van der Waals surface area contributed by atoms with Gasteiger partial charge in [-0.3, -0.25) is 24.5 Å². The van der Waals surface area contributed by atoms with Gasteiger partial charge in [0.05, 0.1) is 11.8 Å². The van der Waals surface area contributed by atoms with Crippen LogP contribution >= 0.6 is 0 Å². The molecule has 5 rings (SSSR count). The molecule has 2 saturated heterocycles. The summed E-state index contributed by atoms with van der Waals surface area (Å²) in [6.07, 6.45) is 4.60. The third kappa shape index (κ3) is 3.47. The Balaban J connectivity index is 1.35. The van der Waals surface area contributed by atoms with Gasteiger partial charge in [-0.05, 0) is 54.5 Å². The second-order valence-corrected chi connectivity index (χ2v) is 8.50. The van der Waals surface area contributed by atoms with Crippen molar-refractivity contribution in [1.82, 2.24) is 15.1 Å². The predicted octanol–water partition coefficient (Wildman–Crippen LogP) is 2.20. The number of carbonyl (C=O) groups excluding carboxylic acids is 4. The van der Waals surface area contributed by atoms with E-state index in [1.54, 1.807) is 11.0 Å². The first-order valence-corrected chi connectivity index (χ1v) is 10.7. The highest BCUT2D eigenvalue weighted by molar-refractivity contribution is 6.05. The second kappa shape index (κ2) is 7.89. The largest absolute Gasteiger partial charge is 0.472 e. The van der Waals surface area contributed by atoms with Gasteiger partial charge in [0.2, 0.25) is 11.8 Å². The summed E-state index contributed by atoms with van der Waals surface area (Å²) >= 11 is 0. The van der Waals surface area contributed by atoms with E-state index in [0.29, 0.717) is 31.5 Å². The Labute approximate surface area is 183 Å². The molecule has 3 aliphatic heterocycles. The highest BCUT2D eigenvalue weighted by atomic mass is 19.1. The molecule has 1 aromatic heterocycles. The van der Waals surface area contributed by atoms with Gasteiger partial charge in [0.15, 0.2) is 0 Å². The molecule has 0 radical (unpaired) electrons. The Hall–Kier alpha value is -3.49. The van der Waals surface area contributed by atoms with Crippen molar-refractivity contribution < 1.29 is 28.0 Å². The van der Waals surface area contributed by atoms with E-state index in [4.69, 9.17) is 4.42 Å². The van der Waals surface area contributed by atoms with E-state index in [2.05, 4.69) is 5.32 Å². The van der Waals surface area contributed by atoms with Crippen LogP contribution in [0.15, 0.2) is 35.1 Å². The number of imide groups is 1. The molecule has 166 valence electrons. The number of benzene rings is 1. The maximum Gasteiger partial charge on any atom is 0.257 e. The van der Waals surface area contributed by atoms with E-state index in [-0.39, 0.29) is 48.6 Å². The monoisotopic (exact) mass is 439 g/mol. The van der Waals surface area contributed by atoms with Crippen molar-refractivity contribution in [2.45, 2.75) is 44.2 Å². The molecule has 1 atom stereocenters. The van der Waals surface area contributed by atoms with Crippen LogP contribution in [0.3, 0.4) is 0 Å². The first kappa shape index (κ1) is 20.4. The van der Waals surface area contributed by atoms with Crippen LogP contribution in [0.4, 0.5) is 4.39 Å². The SMILES string of the molecule is O=C1CCC(N2Cc3c(cc(F)cc3C3CCN(C(=O)c4ccoc4)CC3)C2=O)C(=O)N1. The summed E-state index contributed by atoms with van der Waals surface area (Å²) in [5.74, 6) is -1.81. The fourth-order valence-corrected chi connectivity index (χ4v) is 4.98. The zero-order valence-electron chi connectivity index (χ0n) is 17.3. The predicted molar refractivity (Wildman–Crippen MR) is 109 cm³/mol. The third-order valence-electron chi connectivity index (χ3n) is 6.65. The average Bonchev–Trinajstić information content (AvgIpc) is 3.42. The first-order valence-electron chi connectivity index (χ1n) is 10.7. The number of hydrogen-bond donors (Lipinski definition) is 1. The number of amides is 4. The smallest absolute Gasteiger partial charge is 0.257 e. The highest BCUT2D eigenvalue weighted by Crippen LogP contribution is 2.38. The van der Waals surface area contributed by atoms with Gasteiger partial charge in [-0.1, -0.05) is 0 Å². The fourth-order valence-electron chi connectivity index (χ4n) is 4.98. The van der Waals surface area contributed by atoms with Gasteiger partial charge in [0.25, 0.3) is 11.8 Å². The minimum absolute atomic E-state index is 0.00219. The van der Waals surface area contributed by atoms with Gasteiger partial charge >= 0.3 is 0 Å². The summed E-state index contributed by atoms with van der Waals surface area (Å²) < 4.78 is 19.5. The number of nitrogens with one attached hydrogen (secondary N) is 1. The molecule has 2 fully saturated rings. The number of halogens is 1. The van der Waals surface area contributed by atoms with Gasteiger partial charge in [0.1, 0.15) is 18.1 Å². The van der Waals surface area contributed by atoms with E-state index in [0.717, 1.165) is 11.1 Å². The van der Waals surface area contributed by atoms with E-state index >= 15 is 0 Å². The Morgan fingerprint density at radius 3 is 2.59 bits per heavy atom. The van der Waals surface area contributed by atoms with Crippen molar-refractivity contribution >= 4 is 23.6 Å². The maximum atomic E-state index is 14.5. The molecule has 2 aromatic rings. The van der Waals surface area contributed by atoms with E-state index < -0.39 is 17.8 Å². The van der Waals surface area contributed by atoms with Gasteiger partial charge in [-0.25, -0.2) is 4.39 Å². The molecule has 0 saturated carbocycles. The summed E-state index contributed by atoms with van der Waals surface area (Å²) in [6.45, 7) is 1.25. The van der Waals surface area contributed by atoms with Crippen LogP contribution < -0.4 is 5.32 Å². The number of carbonyl (C=O) groups is 4. The number of rotatable bonds is 3. The number of piperidine rings is 2. The standard InChI is InChI=1S/C23H22FN3O5/c24-15-9-16(13-3-6-26(7-4-13)22(30)14-5-8-32-12-14)18-11-27(23(31)17(18)10-15)19-1-2-20(28)25-21(19)29/h5,8-10,12-13,19H,1-4,6-7,11H2,(H,25,28,29). The molecule has 9 heteroatoms. The van der Waals surface area contributed by atoms with Gasteiger partial charge in [-0.15, -0.1) is 0 Å². The summed E-state index contributed by atoms with van der Waals surface area (Å²) in [7, 11) is 0. The molecule has 1 unspecified atom stereocenters. The average molecular weight is 439 g/mol. The summed E-state index contributed by atoms with van der Waals surface area (Å²) in [4.78, 5) is 52.5. The molecule has 1 aromatic carbocycles. The van der Waals surface area contributed by atoms with Gasteiger partial charge < -0.3 is 14.2 Å². The summed E-state index contributed by atoms with van der Waals surface area (Å²) in [6, 6.07) is 3.59. The molecular weight excluding hydrogens is 417 g/mol. The summed E-state index contributed by atoms with van der Waals surface area (Å²) in [5.41, 5.74) is 2.28. The molecule has 3 aliphatic rings. The van der Waals surface area contributed by atoms with Crippen molar-refractivity contribution in [2.24, 2.45) is 0 Å². The van der Waals surface area contributed by atoms with Crippen molar-refractivity contribution in [2.75, 3.05) is 13.1 Å². The Kier molecular flexibility index (Phi) is 5.03. The van der Waals surface area contributed by atoms with Crippen molar-refractivity contribution in [1.29, 1.82) is 0 Å². The van der Waals surface area contributed by atoms with Crippen LogP contribution in [-0.4, -0.2) is 52.6 Å². The Morgan fingerprint density at radius 1 is 1.12 bits per heavy atom. The molecule has 4 heterocycles. The van der Waals surface area contributed by atoms with Crippen LogP contribution in [0.25, 0.3) is 0 Å². The molecule has 0 aliphatic carbocycles. The molecule has 4 amide bonds. The van der Waals surface area contributed by atoms with E-state index in [1.807, 2.05) is 0 Å². The topological polar surface area (TPSA) is 99.9 Å². The fraction of sp³-hybridized carbons (Fsp3) is 0.391. The van der Waals surface area contributed by atoms with E-state index in [9.17, 15) is 23.6 Å². The third-order valence-corrected chi connectivity index (χ3v) is 6.65. The van der Waals surface area contributed by atoms with Gasteiger partial charge in [0, 0.05) is 31.6 Å². The lowest BCUT2D eigenvalue weighted by atomic mass is 9.85.